The molecule has 1 saturated heterocycles. The van der Waals surface area contributed by atoms with Gasteiger partial charge in [0.05, 0.1) is 18.1 Å². The summed E-state index contributed by atoms with van der Waals surface area (Å²) in [5.74, 6) is -1.58. The van der Waals surface area contributed by atoms with Crippen LogP contribution in [0.1, 0.15) is 19.8 Å². The molecule has 12 heteroatoms. The van der Waals surface area contributed by atoms with Gasteiger partial charge in [-0.2, -0.15) is 29.3 Å². The minimum absolute atomic E-state index is 0.0275. The predicted molar refractivity (Wildman–Crippen MR) is 112 cm³/mol. The molecule has 0 atom stereocenters. The maximum atomic E-state index is 15.3. The number of hydrogen-bond donors (Lipinski definition) is 1. The molecule has 2 aromatic heterocycles. The first kappa shape index (κ1) is 24.1. The molecule has 0 unspecified atom stereocenters. The summed E-state index contributed by atoms with van der Waals surface area (Å²) in [7, 11) is 1.69. The molecular weight excluding hydrogens is 455 g/mol. The Labute approximate surface area is 186 Å². The maximum Gasteiger partial charge on any atom is 0.422 e. The quantitative estimate of drug-likeness (QED) is 0.559. The molecule has 0 aromatic carbocycles. The largest absolute Gasteiger partial charge is 0.478 e. The lowest BCUT2D eigenvalue weighted by Gasteiger charge is -2.37. The zero-order chi connectivity index (χ0) is 23.5. The molecule has 3 rings (SSSR count). The molecular formula is C20H23F5N4O2S. The number of halogens is 5. The number of nitrogen functional groups attached to an aromatic ring is 1. The van der Waals surface area contributed by atoms with Crippen molar-refractivity contribution in [3.63, 3.8) is 0 Å². The number of anilines is 2. The van der Waals surface area contributed by atoms with Gasteiger partial charge in [-0.25, -0.2) is 14.4 Å². The average Bonchev–Trinajstić information content (AvgIpc) is 2.69. The number of ether oxygens (including phenoxy) is 2. The molecule has 0 radical (unpaired) electrons. The average molecular weight is 478 g/mol. The van der Waals surface area contributed by atoms with E-state index in [-0.39, 0.29) is 16.8 Å². The Morgan fingerprint density at radius 3 is 2.47 bits per heavy atom. The van der Waals surface area contributed by atoms with Gasteiger partial charge in [0, 0.05) is 19.7 Å². The van der Waals surface area contributed by atoms with Crippen LogP contribution in [0.3, 0.4) is 0 Å². The molecule has 1 aliphatic rings. The summed E-state index contributed by atoms with van der Waals surface area (Å²) < 4.78 is 76.1. The van der Waals surface area contributed by atoms with E-state index in [1.54, 1.807) is 11.9 Å². The lowest BCUT2D eigenvalue weighted by Crippen LogP contribution is -2.37. The molecule has 1 fully saturated rings. The fourth-order valence-corrected chi connectivity index (χ4v) is 4.92. The Bertz CT molecular complexity index is 954. The van der Waals surface area contributed by atoms with Gasteiger partial charge in [0.1, 0.15) is 11.5 Å². The maximum absolute atomic E-state index is 15.3. The molecule has 2 N–H and O–H groups in total. The smallest absolute Gasteiger partial charge is 0.422 e. The molecule has 32 heavy (non-hydrogen) atoms. The number of alkyl halides is 3. The van der Waals surface area contributed by atoms with Crippen LogP contribution in [0.2, 0.25) is 0 Å². The molecule has 3 heterocycles. The molecule has 176 valence electrons. The Kier molecular flexibility index (Phi) is 7.21. The summed E-state index contributed by atoms with van der Waals surface area (Å²) in [6, 6.07) is 0.665. The van der Waals surface area contributed by atoms with E-state index in [9.17, 15) is 17.6 Å². The second-order valence-electron chi connectivity index (χ2n) is 7.92. The second kappa shape index (κ2) is 9.55. The number of aromatic nitrogens is 2. The van der Waals surface area contributed by atoms with Crippen LogP contribution in [0.4, 0.5) is 33.3 Å². The van der Waals surface area contributed by atoms with E-state index in [0.29, 0.717) is 18.8 Å². The summed E-state index contributed by atoms with van der Waals surface area (Å²) in [5.41, 5.74) is 6.06. The van der Waals surface area contributed by atoms with Crippen LogP contribution in [0.25, 0.3) is 0 Å². The van der Waals surface area contributed by atoms with E-state index in [4.69, 9.17) is 10.5 Å². The third kappa shape index (κ3) is 6.05. The topological polar surface area (TPSA) is 73.5 Å². The van der Waals surface area contributed by atoms with Crippen molar-refractivity contribution < 1.29 is 31.4 Å². The summed E-state index contributed by atoms with van der Waals surface area (Å²) in [6.45, 7) is 0.965. The highest BCUT2D eigenvalue weighted by atomic mass is 32.2. The SMILES string of the molecule is CN(CC1(C)CCSCC1)c1c(N)cnc(Oc2ncc(F)cc2OCC(F)(F)F)c1F. The third-order valence-electron chi connectivity index (χ3n) is 5.06. The lowest BCUT2D eigenvalue weighted by atomic mass is 9.83. The monoisotopic (exact) mass is 478 g/mol. The Hall–Kier alpha value is -2.50. The van der Waals surface area contributed by atoms with Crippen LogP contribution in [0.15, 0.2) is 18.5 Å². The third-order valence-corrected chi connectivity index (χ3v) is 6.05. The molecule has 0 spiro atoms. The molecule has 0 saturated carbocycles. The van der Waals surface area contributed by atoms with Gasteiger partial charge in [0.2, 0.25) is 5.82 Å². The zero-order valence-electron chi connectivity index (χ0n) is 17.5. The van der Waals surface area contributed by atoms with Gasteiger partial charge >= 0.3 is 6.18 Å². The Morgan fingerprint density at radius 1 is 1.16 bits per heavy atom. The molecule has 0 amide bonds. The van der Waals surface area contributed by atoms with Gasteiger partial charge in [-0.1, -0.05) is 6.92 Å². The summed E-state index contributed by atoms with van der Waals surface area (Å²) >= 11 is 1.87. The number of pyridine rings is 2. The Balaban J connectivity index is 1.86. The van der Waals surface area contributed by atoms with E-state index in [1.807, 2.05) is 11.8 Å². The lowest BCUT2D eigenvalue weighted by molar-refractivity contribution is -0.153. The fraction of sp³-hybridized carbons (Fsp3) is 0.500. The highest BCUT2D eigenvalue weighted by molar-refractivity contribution is 7.99. The number of rotatable bonds is 7. The first-order valence-corrected chi connectivity index (χ1v) is 10.9. The normalized spacial score (nSPS) is 16.0. The predicted octanol–water partition coefficient (Wildman–Crippen LogP) is 5.04. The summed E-state index contributed by atoms with van der Waals surface area (Å²) in [6.07, 6.45) is -0.838. The molecule has 6 nitrogen and oxygen atoms in total. The minimum atomic E-state index is -4.67. The van der Waals surface area contributed by atoms with Gasteiger partial charge < -0.3 is 20.1 Å². The first-order valence-electron chi connectivity index (χ1n) is 9.73. The van der Waals surface area contributed by atoms with Crippen LogP contribution in [-0.4, -0.2) is 47.8 Å². The number of thioether (sulfide) groups is 1. The van der Waals surface area contributed by atoms with E-state index in [0.717, 1.165) is 24.3 Å². The van der Waals surface area contributed by atoms with Gasteiger partial charge in [0.15, 0.2) is 12.4 Å². The standard InChI is InChI=1S/C20H23F5N4O2S/c1-19(3-5-32-6-4-19)10-29(2)16-13(26)9-28-18(15(16)22)31-17-14(7-12(21)8-27-17)30-11-20(23,24)25/h7-9H,3-6,10-11,26H2,1-2H3. The van der Waals surface area contributed by atoms with Crippen LogP contribution in [0.5, 0.6) is 17.5 Å². The van der Waals surface area contributed by atoms with Crippen LogP contribution in [0, 0.1) is 17.0 Å². The van der Waals surface area contributed by atoms with E-state index in [1.165, 1.54) is 6.20 Å². The van der Waals surface area contributed by atoms with Crippen molar-refractivity contribution in [1.82, 2.24) is 9.97 Å². The van der Waals surface area contributed by atoms with E-state index >= 15 is 4.39 Å². The van der Waals surface area contributed by atoms with Crippen molar-refractivity contribution in [2.75, 3.05) is 42.3 Å². The van der Waals surface area contributed by atoms with Gasteiger partial charge in [0.25, 0.3) is 11.8 Å². The zero-order valence-corrected chi connectivity index (χ0v) is 18.3. The van der Waals surface area contributed by atoms with Crippen molar-refractivity contribution in [2.45, 2.75) is 25.9 Å². The van der Waals surface area contributed by atoms with Crippen LogP contribution in [-0.2, 0) is 0 Å². The van der Waals surface area contributed by atoms with Gasteiger partial charge in [-0.3, -0.25) is 0 Å². The Morgan fingerprint density at radius 2 is 1.81 bits per heavy atom. The van der Waals surface area contributed by atoms with Crippen molar-refractivity contribution in [2.24, 2.45) is 5.41 Å². The van der Waals surface area contributed by atoms with Crippen LogP contribution < -0.4 is 20.1 Å². The van der Waals surface area contributed by atoms with Gasteiger partial charge in [-0.15, -0.1) is 0 Å². The molecule has 0 aliphatic carbocycles. The summed E-state index contributed by atoms with van der Waals surface area (Å²) in [4.78, 5) is 9.04. The number of nitrogens with two attached hydrogens (primary N) is 1. The first-order chi connectivity index (χ1) is 15.0. The van der Waals surface area contributed by atoms with Crippen LogP contribution >= 0.6 is 11.8 Å². The van der Waals surface area contributed by atoms with Crippen molar-refractivity contribution in [1.29, 1.82) is 0 Å². The fourth-order valence-electron chi connectivity index (χ4n) is 3.45. The van der Waals surface area contributed by atoms with E-state index < -0.39 is 41.9 Å². The molecule has 1 aliphatic heterocycles. The van der Waals surface area contributed by atoms with Gasteiger partial charge in [-0.05, 0) is 29.8 Å². The number of hydrogen-bond acceptors (Lipinski definition) is 7. The highest BCUT2D eigenvalue weighted by Gasteiger charge is 2.32. The molecule has 0 bridgehead atoms. The van der Waals surface area contributed by atoms with Crippen molar-refractivity contribution in [3.8, 4) is 17.5 Å². The second-order valence-corrected chi connectivity index (χ2v) is 9.15. The van der Waals surface area contributed by atoms with Crippen molar-refractivity contribution >= 4 is 23.1 Å². The summed E-state index contributed by atoms with van der Waals surface area (Å²) in [5, 5.41) is 0. The molecule has 2 aromatic rings. The number of nitrogens with zero attached hydrogens (tertiary/aromatic N) is 3. The van der Waals surface area contributed by atoms with Crippen molar-refractivity contribution in [3.05, 3.63) is 30.1 Å². The van der Waals surface area contributed by atoms with E-state index in [2.05, 4.69) is 21.6 Å². The minimum Gasteiger partial charge on any atom is -0.478 e. The highest BCUT2D eigenvalue weighted by Crippen LogP contribution is 2.40.